The second-order valence-electron chi connectivity index (χ2n) is 3.31. The third kappa shape index (κ3) is 2.89. The molecule has 0 spiro atoms. The number of nitrogens with one attached hydrogen (secondary N) is 1. The van der Waals surface area contributed by atoms with E-state index in [0.717, 1.165) is 5.69 Å². The van der Waals surface area contributed by atoms with E-state index in [1.807, 2.05) is 54.6 Å². The summed E-state index contributed by atoms with van der Waals surface area (Å²) in [5.41, 5.74) is 3.68. The van der Waals surface area contributed by atoms with Gasteiger partial charge in [-0.2, -0.15) is 15.3 Å². The number of benzene rings is 1. The molecule has 0 aliphatic rings. The lowest BCUT2D eigenvalue weighted by atomic mass is 10.3. The van der Waals surface area contributed by atoms with E-state index in [-0.39, 0.29) is 5.84 Å². The van der Waals surface area contributed by atoms with Gasteiger partial charge in [-0.05, 0) is 24.3 Å². The van der Waals surface area contributed by atoms with E-state index < -0.39 is 0 Å². The minimum absolute atomic E-state index is 0.287. The summed E-state index contributed by atoms with van der Waals surface area (Å²) in [5.74, 6) is 0.287. The van der Waals surface area contributed by atoms with Crippen LogP contribution in [0.2, 0.25) is 0 Å². The van der Waals surface area contributed by atoms with Crippen LogP contribution in [0.1, 0.15) is 0 Å². The van der Waals surface area contributed by atoms with Crippen molar-refractivity contribution < 1.29 is 4.57 Å². The van der Waals surface area contributed by atoms with Gasteiger partial charge in [0.2, 0.25) is 0 Å². The number of anilines is 1. The molecular weight excluding hydrogens is 212 g/mol. The molecular formula is C13H11N4+. The minimum atomic E-state index is 0.287. The molecule has 1 aromatic heterocycles. The molecule has 0 radical (unpaired) electrons. The summed E-state index contributed by atoms with van der Waals surface area (Å²) in [6.07, 6.45) is 3.55. The number of hydrazone groups is 1. The Hall–Kier alpha value is -2.67. The highest BCUT2D eigenvalue weighted by Crippen LogP contribution is 2.03. The zero-order valence-electron chi connectivity index (χ0n) is 9.12. The van der Waals surface area contributed by atoms with Gasteiger partial charge in [0.1, 0.15) is 0 Å². The van der Waals surface area contributed by atoms with Gasteiger partial charge in [0.05, 0.1) is 23.2 Å². The smallest absolute Gasteiger partial charge is 0.192 e. The minimum Gasteiger partial charge on any atom is -0.192 e. The van der Waals surface area contributed by atoms with E-state index in [0.29, 0.717) is 0 Å². The molecule has 0 aliphatic heterocycles. The number of rotatable bonds is 2. The fourth-order valence-electron chi connectivity index (χ4n) is 1.31. The number of hydrogen-bond donors (Lipinski definition) is 1. The van der Waals surface area contributed by atoms with Crippen molar-refractivity contribution in [1.29, 1.82) is 5.26 Å². The van der Waals surface area contributed by atoms with Crippen molar-refractivity contribution >= 4 is 11.5 Å². The lowest BCUT2D eigenvalue weighted by molar-refractivity contribution is -0.553. The molecule has 1 N–H and O–H groups in total. The molecule has 1 heterocycles. The van der Waals surface area contributed by atoms with E-state index >= 15 is 0 Å². The van der Waals surface area contributed by atoms with Crippen LogP contribution in [0.15, 0.2) is 66.0 Å². The van der Waals surface area contributed by atoms with E-state index in [1.165, 1.54) is 0 Å². The first-order chi connectivity index (χ1) is 8.40. The first-order valence-electron chi connectivity index (χ1n) is 5.15. The SMILES string of the molecule is N#C/C(=N/Nc1ccccc1)[n+]1ccccc1. The maximum atomic E-state index is 9.02. The lowest BCUT2D eigenvalue weighted by Crippen LogP contribution is -2.41. The highest BCUT2D eigenvalue weighted by molar-refractivity contribution is 5.89. The molecule has 0 saturated heterocycles. The van der Waals surface area contributed by atoms with Gasteiger partial charge in [0, 0.05) is 0 Å². The molecule has 0 bridgehead atoms. The Balaban J connectivity index is 2.18. The molecule has 0 atom stereocenters. The summed E-state index contributed by atoms with van der Waals surface area (Å²) in [7, 11) is 0. The van der Waals surface area contributed by atoms with Gasteiger partial charge in [-0.25, -0.2) is 0 Å². The Morgan fingerprint density at radius 3 is 2.35 bits per heavy atom. The van der Waals surface area contributed by atoms with Crippen molar-refractivity contribution in [2.45, 2.75) is 0 Å². The van der Waals surface area contributed by atoms with Crippen LogP contribution in [0.3, 0.4) is 0 Å². The van der Waals surface area contributed by atoms with E-state index in [1.54, 1.807) is 17.0 Å². The Kier molecular flexibility index (Phi) is 3.46. The summed E-state index contributed by atoms with van der Waals surface area (Å²) < 4.78 is 1.65. The van der Waals surface area contributed by atoms with Gasteiger partial charge in [0.15, 0.2) is 6.07 Å². The highest BCUT2D eigenvalue weighted by atomic mass is 15.3. The van der Waals surface area contributed by atoms with Crippen LogP contribution in [0.5, 0.6) is 0 Å². The summed E-state index contributed by atoms with van der Waals surface area (Å²) in [4.78, 5) is 0. The van der Waals surface area contributed by atoms with Crippen LogP contribution in [-0.4, -0.2) is 5.84 Å². The summed E-state index contributed by atoms with van der Waals surface area (Å²) in [5, 5.41) is 13.1. The Bertz CT molecular complexity index is 541. The second kappa shape index (κ2) is 5.42. The number of para-hydroxylation sites is 1. The molecule has 4 nitrogen and oxygen atoms in total. The van der Waals surface area contributed by atoms with Crippen LogP contribution in [0.4, 0.5) is 5.69 Å². The normalized spacial score (nSPS) is 10.6. The maximum Gasteiger partial charge on any atom is 0.431 e. The summed E-state index contributed by atoms with van der Waals surface area (Å²) in [6.45, 7) is 0. The van der Waals surface area contributed by atoms with Gasteiger partial charge in [-0.15, -0.1) is 0 Å². The number of aromatic nitrogens is 1. The topological polar surface area (TPSA) is 52.1 Å². The Labute approximate surface area is 99.5 Å². The van der Waals surface area contributed by atoms with Crippen LogP contribution < -0.4 is 9.99 Å². The molecule has 0 amide bonds. The fourth-order valence-corrected chi connectivity index (χ4v) is 1.31. The third-order valence-electron chi connectivity index (χ3n) is 2.12. The molecule has 1 aromatic carbocycles. The molecule has 4 heteroatoms. The average Bonchev–Trinajstić information content (AvgIpc) is 2.42. The highest BCUT2D eigenvalue weighted by Gasteiger charge is 2.09. The van der Waals surface area contributed by atoms with Crippen molar-refractivity contribution in [3.63, 3.8) is 0 Å². The van der Waals surface area contributed by atoms with Crippen LogP contribution in [0, 0.1) is 11.3 Å². The lowest BCUT2D eigenvalue weighted by Gasteiger charge is -1.94. The summed E-state index contributed by atoms with van der Waals surface area (Å²) >= 11 is 0. The molecule has 2 aromatic rings. The van der Waals surface area contributed by atoms with Crippen molar-refractivity contribution in [3.05, 3.63) is 60.9 Å². The molecule has 2 rings (SSSR count). The van der Waals surface area contributed by atoms with Gasteiger partial charge < -0.3 is 0 Å². The van der Waals surface area contributed by atoms with Crippen molar-refractivity contribution in [2.75, 3.05) is 5.43 Å². The second-order valence-corrected chi connectivity index (χ2v) is 3.31. The largest absolute Gasteiger partial charge is 0.431 e. The quantitative estimate of drug-likeness (QED) is 0.365. The predicted octanol–water partition coefficient (Wildman–Crippen LogP) is 1.77. The van der Waals surface area contributed by atoms with E-state index in [9.17, 15) is 0 Å². The average molecular weight is 223 g/mol. The number of pyridine rings is 1. The van der Waals surface area contributed by atoms with Gasteiger partial charge in [0.25, 0.3) is 0 Å². The zero-order valence-corrected chi connectivity index (χ0v) is 9.12. The molecule has 0 saturated carbocycles. The molecule has 82 valence electrons. The van der Waals surface area contributed by atoms with Crippen LogP contribution >= 0.6 is 0 Å². The van der Waals surface area contributed by atoms with E-state index in [4.69, 9.17) is 5.26 Å². The molecule has 0 aliphatic carbocycles. The first kappa shape index (κ1) is 10.8. The van der Waals surface area contributed by atoms with Gasteiger partial charge >= 0.3 is 5.84 Å². The number of nitrogens with zero attached hydrogens (tertiary/aromatic N) is 3. The van der Waals surface area contributed by atoms with Gasteiger partial charge in [-0.3, -0.25) is 0 Å². The van der Waals surface area contributed by atoms with Crippen molar-refractivity contribution in [3.8, 4) is 6.07 Å². The molecule has 0 fully saturated rings. The first-order valence-corrected chi connectivity index (χ1v) is 5.15. The summed E-state index contributed by atoms with van der Waals surface area (Å²) in [6, 6.07) is 17.1. The number of hydrogen-bond acceptors (Lipinski definition) is 3. The van der Waals surface area contributed by atoms with Crippen molar-refractivity contribution in [1.82, 2.24) is 0 Å². The fraction of sp³-hybridized carbons (Fsp3) is 0. The van der Waals surface area contributed by atoms with Crippen LogP contribution in [-0.2, 0) is 0 Å². The van der Waals surface area contributed by atoms with E-state index in [2.05, 4.69) is 10.5 Å². The molecule has 0 unspecified atom stereocenters. The van der Waals surface area contributed by atoms with Gasteiger partial charge in [-0.1, -0.05) is 24.3 Å². The Morgan fingerprint density at radius 2 is 1.71 bits per heavy atom. The third-order valence-corrected chi connectivity index (χ3v) is 2.12. The molecule has 17 heavy (non-hydrogen) atoms. The Morgan fingerprint density at radius 1 is 1.06 bits per heavy atom. The zero-order chi connectivity index (χ0) is 11.9. The monoisotopic (exact) mass is 223 g/mol. The van der Waals surface area contributed by atoms with Crippen LogP contribution in [0.25, 0.3) is 0 Å². The standard InChI is InChI=1S/C13H11N4/c14-11-13(17-9-5-2-6-10-17)16-15-12-7-3-1-4-8-12/h1-10,15H/q+1/b16-13-. The predicted molar refractivity (Wildman–Crippen MR) is 65.1 cm³/mol. The van der Waals surface area contributed by atoms with Crippen molar-refractivity contribution in [2.24, 2.45) is 5.10 Å². The number of nitriles is 1. The maximum absolute atomic E-state index is 9.02.